The van der Waals surface area contributed by atoms with Gasteiger partial charge >= 0.3 is 11.9 Å². The SMILES string of the molecule is CC/C=C\C/C=C\C/C=C\CCCCCCCCCC(=O)OC(COC(=O)CCCCCCCCCCCCCCCCCCCCCCCC)COC1OC(CO)C(O)C(O)C1O. The molecule has 0 radical (unpaired) electrons. The highest BCUT2D eigenvalue weighted by Gasteiger charge is 2.44. The van der Waals surface area contributed by atoms with Gasteiger partial charge in [0.25, 0.3) is 0 Å². The maximum Gasteiger partial charge on any atom is 0.306 e. The first-order chi connectivity index (χ1) is 31.3. The first-order valence-electron chi connectivity index (χ1n) is 26.6. The number of hydrogen-bond acceptors (Lipinski definition) is 10. The molecular formula is C54H98O10. The van der Waals surface area contributed by atoms with E-state index in [-0.39, 0.29) is 32.0 Å². The molecule has 10 nitrogen and oxygen atoms in total. The van der Waals surface area contributed by atoms with Crippen LogP contribution in [0.3, 0.4) is 0 Å². The van der Waals surface area contributed by atoms with Crippen molar-refractivity contribution in [2.75, 3.05) is 19.8 Å². The van der Waals surface area contributed by atoms with Gasteiger partial charge in [-0.1, -0.05) is 217 Å². The number of carbonyl (C=O) groups excluding carboxylic acids is 2. The summed E-state index contributed by atoms with van der Waals surface area (Å²) in [6.45, 7) is 3.34. The molecule has 0 aliphatic carbocycles. The summed E-state index contributed by atoms with van der Waals surface area (Å²) < 4.78 is 22.3. The Labute approximate surface area is 391 Å². The van der Waals surface area contributed by atoms with Crippen LogP contribution in [0.4, 0.5) is 0 Å². The lowest BCUT2D eigenvalue weighted by Gasteiger charge is -2.39. The molecule has 0 aromatic heterocycles. The van der Waals surface area contributed by atoms with E-state index >= 15 is 0 Å². The number of hydrogen-bond donors (Lipinski definition) is 4. The van der Waals surface area contributed by atoms with Gasteiger partial charge in [-0.2, -0.15) is 0 Å². The van der Waals surface area contributed by atoms with Crippen LogP contribution >= 0.6 is 0 Å². The second kappa shape index (κ2) is 44.7. The number of aliphatic hydroxyl groups excluding tert-OH is 4. The normalized spacial score (nSPS) is 19.6. The van der Waals surface area contributed by atoms with E-state index in [1.807, 2.05) is 0 Å². The molecule has 1 heterocycles. The van der Waals surface area contributed by atoms with Crippen molar-refractivity contribution >= 4 is 11.9 Å². The first-order valence-corrected chi connectivity index (χ1v) is 26.6. The van der Waals surface area contributed by atoms with Gasteiger partial charge in [0, 0.05) is 12.8 Å². The lowest BCUT2D eigenvalue weighted by atomic mass is 9.99. The van der Waals surface area contributed by atoms with Crippen molar-refractivity contribution < 1.29 is 49.0 Å². The summed E-state index contributed by atoms with van der Waals surface area (Å²) in [4.78, 5) is 25.5. The summed E-state index contributed by atoms with van der Waals surface area (Å²) in [6, 6.07) is 0. The molecule has 10 heteroatoms. The van der Waals surface area contributed by atoms with Gasteiger partial charge in [0.05, 0.1) is 13.2 Å². The van der Waals surface area contributed by atoms with Crippen LogP contribution < -0.4 is 0 Å². The highest BCUT2D eigenvalue weighted by Crippen LogP contribution is 2.23. The van der Waals surface area contributed by atoms with Gasteiger partial charge in [0.1, 0.15) is 31.0 Å². The van der Waals surface area contributed by atoms with Crippen molar-refractivity contribution in [1.29, 1.82) is 0 Å². The predicted octanol–water partition coefficient (Wildman–Crippen LogP) is 12.6. The van der Waals surface area contributed by atoms with Crippen LogP contribution in [0.5, 0.6) is 0 Å². The highest BCUT2D eigenvalue weighted by molar-refractivity contribution is 5.70. The van der Waals surface area contributed by atoms with E-state index in [0.29, 0.717) is 6.42 Å². The number of allylic oxidation sites excluding steroid dienone is 6. The van der Waals surface area contributed by atoms with Crippen molar-refractivity contribution in [1.82, 2.24) is 0 Å². The van der Waals surface area contributed by atoms with Gasteiger partial charge < -0.3 is 39.4 Å². The number of ether oxygens (including phenoxy) is 4. The molecule has 1 aliphatic heterocycles. The van der Waals surface area contributed by atoms with E-state index in [4.69, 9.17) is 18.9 Å². The Kier molecular flexibility index (Phi) is 41.9. The quantitative estimate of drug-likeness (QED) is 0.0264. The van der Waals surface area contributed by atoms with Crippen molar-refractivity contribution in [2.45, 2.75) is 275 Å². The number of carbonyl (C=O) groups is 2. The van der Waals surface area contributed by atoms with E-state index in [0.717, 1.165) is 64.2 Å². The highest BCUT2D eigenvalue weighted by atomic mass is 16.7. The number of rotatable bonds is 45. The second-order valence-electron chi connectivity index (χ2n) is 18.3. The Morgan fingerprint density at radius 3 is 1.39 bits per heavy atom. The Hall–Kier alpha value is -2.08. The summed E-state index contributed by atoms with van der Waals surface area (Å²) in [6.07, 6.45) is 45.9. The minimum absolute atomic E-state index is 0.218. The average Bonchev–Trinajstić information content (AvgIpc) is 3.29. The molecule has 374 valence electrons. The van der Waals surface area contributed by atoms with E-state index < -0.39 is 49.4 Å². The molecule has 1 saturated heterocycles. The molecule has 0 aromatic rings. The van der Waals surface area contributed by atoms with E-state index in [9.17, 15) is 30.0 Å². The van der Waals surface area contributed by atoms with E-state index in [2.05, 4.69) is 50.3 Å². The number of unbranched alkanes of at least 4 members (excludes halogenated alkanes) is 28. The van der Waals surface area contributed by atoms with Gasteiger partial charge in [-0.25, -0.2) is 0 Å². The van der Waals surface area contributed by atoms with Crippen molar-refractivity contribution in [3.63, 3.8) is 0 Å². The molecule has 1 aliphatic rings. The topological polar surface area (TPSA) is 152 Å². The van der Waals surface area contributed by atoms with E-state index in [1.54, 1.807) is 0 Å². The fraction of sp³-hybridized carbons (Fsp3) is 0.852. The fourth-order valence-corrected chi connectivity index (χ4v) is 8.15. The van der Waals surface area contributed by atoms with Crippen LogP contribution in [0.2, 0.25) is 0 Å². The van der Waals surface area contributed by atoms with Crippen LogP contribution in [0, 0.1) is 0 Å². The molecule has 64 heavy (non-hydrogen) atoms. The zero-order chi connectivity index (χ0) is 46.6. The lowest BCUT2D eigenvalue weighted by Crippen LogP contribution is -2.59. The summed E-state index contributed by atoms with van der Waals surface area (Å²) in [5.74, 6) is -0.807. The third-order valence-corrected chi connectivity index (χ3v) is 12.3. The first kappa shape index (κ1) is 59.9. The maximum absolute atomic E-state index is 12.8. The molecule has 1 fully saturated rings. The summed E-state index contributed by atoms with van der Waals surface area (Å²) in [7, 11) is 0. The largest absolute Gasteiger partial charge is 0.462 e. The van der Waals surface area contributed by atoms with Crippen molar-refractivity contribution in [3.8, 4) is 0 Å². The van der Waals surface area contributed by atoms with Crippen molar-refractivity contribution in [3.05, 3.63) is 36.5 Å². The Morgan fingerprint density at radius 2 is 0.922 bits per heavy atom. The second-order valence-corrected chi connectivity index (χ2v) is 18.3. The smallest absolute Gasteiger partial charge is 0.306 e. The van der Waals surface area contributed by atoms with Gasteiger partial charge in [-0.15, -0.1) is 0 Å². The van der Waals surface area contributed by atoms with E-state index in [1.165, 1.54) is 141 Å². The minimum atomic E-state index is -1.60. The fourth-order valence-electron chi connectivity index (χ4n) is 8.15. The average molecular weight is 907 g/mol. The van der Waals surface area contributed by atoms with Crippen LogP contribution in [0.1, 0.15) is 239 Å². The lowest BCUT2D eigenvalue weighted by molar-refractivity contribution is -0.305. The molecule has 0 amide bonds. The zero-order valence-corrected chi connectivity index (χ0v) is 41.0. The van der Waals surface area contributed by atoms with Crippen molar-refractivity contribution in [2.24, 2.45) is 0 Å². The molecule has 0 saturated carbocycles. The molecule has 4 N–H and O–H groups in total. The Bertz CT molecular complexity index is 1140. The maximum atomic E-state index is 12.8. The summed E-state index contributed by atoms with van der Waals surface area (Å²) >= 11 is 0. The van der Waals surface area contributed by atoms with Gasteiger partial charge in [0.2, 0.25) is 0 Å². The Balaban J connectivity index is 2.22. The molecule has 6 unspecified atom stereocenters. The monoisotopic (exact) mass is 907 g/mol. The number of aliphatic hydroxyl groups is 4. The van der Waals surface area contributed by atoms with Gasteiger partial charge in [-0.3, -0.25) is 9.59 Å². The number of esters is 2. The minimum Gasteiger partial charge on any atom is -0.462 e. The molecule has 0 spiro atoms. The van der Waals surface area contributed by atoms with Crippen LogP contribution in [0.15, 0.2) is 36.5 Å². The predicted molar refractivity (Wildman–Crippen MR) is 261 cm³/mol. The zero-order valence-electron chi connectivity index (χ0n) is 41.0. The van der Waals surface area contributed by atoms with Crippen LogP contribution in [-0.4, -0.2) is 89.0 Å². The molecule has 1 rings (SSSR count). The van der Waals surface area contributed by atoms with Gasteiger partial charge in [-0.05, 0) is 44.9 Å². The summed E-state index contributed by atoms with van der Waals surface area (Å²) in [5, 5.41) is 40.2. The van der Waals surface area contributed by atoms with Gasteiger partial charge in [0.15, 0.2) is 12.4 Å². The third-order valence-electron chi connectivity index (χ3n) is 12.3. The Morgan fingerprint density at radius 1 is 0.500 bits per heavy atom. The molecule has 0 bridgehead atoms. The molecule has 6 atom stereocenters. The van der Waals surface area contributed by atoms with Crippen LogP contribution in [0.25, 0.3) is 0 Å². The standard InChI is InChI=1S/C54H98O10/c1-3-5-7-9-11-13-15-17-19-21-22-23-24-25-27-28-30-32-34-36-38-40-42-49(56)61-45-47(46-62-54-53(60)52(59)51(58)48(44-55)64-54)63-50(57)43-41-39-37-35-33-31-29-26-20-18-16-14-12-10-8-6-4-2/h6,8,12,14,18,20,47-48,51-55,58-60H,3-5,7,9-11,13,15-17,19,21-46H2,1-2H3/b8-6-,14-12-,20-18-. The summed E-state index contributed by atoms with van der Waals surface area (Å²) in [5.41, 5.74) is 0. The molecule has 0 aromatic carbocycles. The molecular weight excluding hydrogens is 809 g/mol. The third kappa shape index (κ3) is 35.2. The van der Waals surface area contributed by atoms with Crippen LogP contribution in [-0.2, 0) is 28.5 Å².